The van der Waals surface area contributed by atoms with Crippen molar-refractivity contribution in [2.45, 2.75) is 63.4 Å². The van der Waals surface area contributed by atoms with E-state index in [-0.39, 0.29) is 0 Å². The molecule has 5 nitrogen and oxygen atoms in total. The monoisotopic (exact) mass is 291 g/mol. The molecule has 1 N–H and O–H groups in total. The first kappa shape index (κ1) is 13.6. The summed E-state index contributed by atoms with van der Waals surface area (Å²) in [6.07, 6.45) is 7.78. The van der Waals surface area contributed by atoms with Crippen LogP contribution in [0, 0.1) is 11.8 Å². The normalized spacial score (nSPS) is 36.6. The zero-order valence-electron chi connectivity index (χ0n) is 12.8. The van der Waals surface area contributed by atoms with E-state index < -0.39 is 5.60 Å². The number of hydrogen-bond acceptors (Lipinski definition) is 5. The molecule has 3 aliphatic rings. The molecule has 0 radical (unpaired) electrons. The Labute approximate surface area is 125 Å². The molecule has 1 aromatic rings. The second-order valence-corrected chi connectivity index (χ2v) is 7.17. The number of aromatic nitrogens is 2. The van der Waals surface area contributed by atoms with Gasteiger partial charge in [-0.05, 0) is 38.0 Å². The van der Waals surface area contributed by atoms with E-state index in [4.69, 9.17) is 4.42 Å². The Morgan fingerprint density at radius 3 is 2.81 bits per heavy atom. The topological polar surface area (TPSA) is 62.4 Å². The van der Waals surface area contributed by atoms with Gasteiger partial charge in [-0.1, -0.05) is 24.9 Å². The van der Waals surface area contributed by atoms with Crippen LogP contribution in [-0.2, 0) is 0 Å². The van der Waals surface area contributed by atoms with Crippen molar-refractivity contribution in [2.24, 2.45) is 11.8 Å². The fraction of sp³-hybridized carbons (Fsp3) is 0.875. The fourth-order valence-electron chi connectivity index (χ4n) is 4.40. The number of anilines is 1. The van der Waals surface area contributed by atoms with Gasteiger partial charge in [-0.3, -0.25) is 0 Å². The Bertz CT molecular complexity index is 513. The molecule has 0 bridgehead atoms. The van der Waals surface area contributed by atoms with Gasteiger partial charge in [0.05, 0.1) is 5.60 Å². The zero-order valence-corrected chi connectivity index (χ0v) is 12.8. The Hall–Kier alpha value is -1.10. The van der Waals surface area contributed by atoms with Crippen LogP contribution in [0.4, 0.5) is 6.01 Å². The largest absolute Gasteiger partial charge is 0.408 e. The molecule has 21 heavy (non-hydrogen) atoms. The minimum Gasteiger partial charge on any atom is -0.408 e. The maximum atomic E-state index is 10.9. The summed E-state index contributed by atoms with van der Waals surface area (Å²) in [6.45, 7) is 3.92. The molecule has 0 aromatic carbocycles. The van der Waals surface area contributed by atoms with Crippen LogP contribution in [0.5, 0.6) is 0 Å². The van der Waals surface area contributed by atoms with Gasteiger partial charge in [0.2, 0.25) is 5.89 Å². The molecule has 1 saturated heterocycles. The molecule has 0 unspecified atom stereocenters. The Morgan fingerprint density at radius 1 is 1.24 bits per heavy atom. The van der Waals surface area contributed by atoms with Gasteiger partial charge in [0.15, 0.2) is 0 Å². The van der Waals surface area contributed by atoms with Crippen LogP contribution < -0.4 is 4.90 Å². The maximum Gasteiger partial charge on any atom is 0.318 e. The van der Waals surface area contributed by atoms with Gasteiger partial charge in [-0.2, -0.15) is 0 Å². The van der Waals surface area contributed by atoms with Crippen molar-refractivity contribution in [3.05, 3.63) is 5.89 Å². The van der Waals surface area contributed by atoms with Gasteiger partial charge in [-0.15, -0.1) is 5.10 Å². The number of aliphatic hydroxyl groups is 1. The third kappa shape index (κ3) is 2.17. The predicted molar refractivity (Wildman–Crippen MR) is 79.2 cm³/mol. The van der Waals surface area contributed by atoms with E-state index in [1.807, 2.05) is 0 Å². The average molecular weight is 291 g/mol. The molecule has 2 aliphatic carbocycles. The van der Waals surface area contributed by atoms with Crippen molar-refractivity contribution in [1.82, 2.24) is 10.2 Å². The lowest BCUT2D eigenvalue weighted by atomic mass is 9.69. The van der Waals surface area contributed by atoms with Crippen LogP contribution in [0.2, 0.25) is 0 Å². The van der Waals surface area contributed by atoms with Gasteiger partial charge < -0.3 is 14.4 Å². The third-order valence-corrected chi connectivity index (χ3v) is 6.08. The molecule has 3 fully saturated rings. The van der Waals surface area contributed by atoms with Gasteiger partial charge in [0.1, 0.15) is 0 Å². The molecule has 2 saturated carbocycles. The van der Waals surface area contributed by atoms with Crippen molar-refractivity contribution in [1.29, 1.82) is 0 Å². The highest BCUT2D eigenvalue weighted by Gasteiger charge is 2.48. The number of nitrogens with zero attached hydrogens (tertiary/aromatic N) is 3. The molecule has 2 heterocycles. The summed E-state index contributed by atoms with van der Waals surface area (Å²) in [5.41, 5.74) is -0.492. The summed E-state index contributed by atoms with van der Waals surface area (Å²) in [6, 6.07) is 0.671. The van der Waals surface area contributed by atoms with Crippen LogP contribution in [-0.4, -0.2) is 34.0 Å². The molecule has 3 atom stereocenters. The molecular weight excluding hydrogens is 266 g/mol. The standard InChI is InChI=1S/C16H25N3O2/c1-2-16(20)8-4-7-12-9-19(10-13(12)16)15-18-17-14(21-15)11-5-3-6-11/h11-13,20H,2-10H2,1H3/t12-,13+,16-/m0/s1. The maximum absolute atomic E-state index is 10.9. The quantitative estimate of drug-likeness (QED) is 0.927. The van der Waals surface area contributed by atoms with Crippen LogP contribution in [0.15, 0.2) is 4.42 Å². The molecular formula is C16H25N3O2. The van der Waals surface area contributed by atoms with Gasteiger partial charge in [0, 0.05) is 24.9 Å². The van der Waals surface area contributed by atoms with Gasteiger partial charge in [-0.25, -0.2) is 0 Å². The second-order valence-electron chi connectivity index (χ2n) is 7.17. The van der Waals surface area contributed by atoms with E-state index in [1.54, 1.807) is 0 Å². The van der Waals surface area contributed by atoms with Crippen molar-refractivity contribution >= 4 is 6.01 Å². The molecule has 1 aliphatic heterocycles. The minimum absolute atomic E-state index is 0.357. The first-order valence-electron chi connectivity index (χ1n) is 8.50. The summed E-state index contributed by atoms with van der Waals surface area (Å²) in [7, 11) is 0. The zero-order chi connectivity index (χ0) is 14.4. The number of rotatable bonds is 3. The van der Waals surface area contributed by atoms with Gasteiger partial charge >= 0.3 is 6.01 Å². The van der Waals surface area contributed by atoms with E-state index in [9.17, 15) is 5.11 Å². The molecule has 0 amide bonds. The lowest BCUT2D eigenvalue weighted by Crippen LogP contribution is -2.44. The highest BCUT2D eigenvalue weighted by molar-refractivity contribution is 5.29. The smallest absolute Gasteiger partial charge is 0.318 e. The molecule has 4 rings (SSSR count). The summed E-state index contributed by atoms with van der Waals surface area (Å²) in [5.74, 6) is 2.23. The first-order valence-corrected chi connectivity index (χ1v) is 8.50. The Kier molecular flexibility index (Phi) is 3.21. The van der Waals surface area contributed by atoms with Crippen LogP contribution in [0.3, 0.4) is 0 Å². The first-order chi connectivity index (χ1) is 10.2. The summed E-state index contributed by atoms with van der Waals surface area (Å²) < 4.78 is 5.90. The highest BCUT2D eigenvalue weighted by Crippen LogP contribution is 2.45. The Morgan fingerprint density at radius 2 is 2.10 bits per heavy atom. The SMILES string of the molecule is CC[C@]1(O)CCC[C@H]2CN(c3nnc(C4CCC4)o3)C[C@H]21. The van der Waals surface area contributed by atoms with E-state index in [2.05, 4.69) is 22.0 Å². The minimum atomic E-state index is -0.492. The van der Waals surface area contributed by atoms with Crippen LogP contribution in [0.1, 0.15) is 63.7 Å². The molecule has 116 valence electrons. The highest BCUT2D eigenvalue weighted by atomic mass is 16.4. The van der Waals surface area contributed by atoms with E-state index in [0.29, 0.717) is 23.8 Å². The third-order valence-electron chi connectivity index (χ3n) is 6.08. The van der Waals surface area contributed by atoms with E-state index >= 15 is 0 Å². The molecule has 1 aromatic heterocycles. The lowest BCUT2D eigenvalue weighted by molar-refractivity contribution is -0.0597. The Balaban J connectivity index is 1.51. The second kappa shape index (κ2) is 4.97. The number of hydrogen-bond donors (Lipinski definition) is 1. The van der Waals surface area contributed by atoms with Crippen LogP contribution >= 0.6 is 0 Å². The van der Waals surface area contributed by atoms with Crippen LogP contribution in [0.25, 0.3) is 0 Å². The van der Waals surface area contributed by atoms with E-state index in [1.165, 1.54) is 25.7 Å². The lowest BCUT2D eigenvalue weighted by Gasteiger charge is -2.40. The van der Waals surface area contributed by atoms with Crippen molar-refractivity contribution < 1.29 is 9.52 Å². The van der Waals surface area contributed by atoms with Gasteiger partial charge in [0.25, 0.3) is 0 Å². The number of fused-ring (bicyclic) bond motifs is 1. The average Bonchev–Trinajstić information content (AvgIpc) is 3.04. The predicted octanol–water partition coefficient (Wildman–Crippen LogP) is 2.71. The van der Waals surface area contributed by atoms with Crippen molar-refractivity contribution in [3.63, 3.8) is 0 Å². The molecule has 0 spiro atoms. The van der Waals surface area contributed by atoms with E-state index in [0.717, 1.165) is 38.2 Å². The summed E-state index contributed by atoms with van der Waals surface area (Å²) >= 11 is 0. The summed E-state index contributed by atoms with van der Waals surface area (Å²) in [5, 5.41) is 19.4. The molecule has 5 heteroatoms. The van der Waals surface area contributed by atoms with Crippen molar-refractivity contribution in [3.8, 4) is 0 Å². The fourth-order valence-corrected chi connectivity index (χ4v) is 4.40. The summed E-state index contributed by atoms with van der Waals surface area (Å²) in [4.78, 5) is 2.20. The van der Waals surface area contributed by atoms with Crippen molar-refractivity contribution in [2.75, 3.05) is 18.0 Å².